The number of carbonyl (C=O) groups is 1. The van der Waals surface area contributed by atoms with Crippen molar-refractivity contribution in [3.05, 3.63) is 46.5 Å². The van der Waals surface area contributed by atoms with Gasteiger partial charge in [0.15, 0.2) is 5.82 Å². The zero-order chi connectivity index (χ0) is 18.8. The highest BCUT2D eigenvalue weighted by molar-refractivity contribution is 6.30. The lowest BCUT2D eigenvalue weighted by atomic mass is 10.1. The maximum atomic E-state index is 12.9. The molecule has 1 atom stereocenters. The van der Waals surface area contributed by atoms with Crippen molar-refractivity contribution in [2.75, 3.05) is 26.7 Å². The van der Waals surface area contributed by atoms with E-state index in [4.69, 9.17) is 11.6 Å². The van der Waals surface area contributed by atoms with Crippen molar-refractivity contribution in [3.63, 3.8) is 0 Å². The van der Waals surface area contributed by atoms with Crippen LogP contribution in [0.3, 0.4) is 0 Å². The smallest absolute Gasteiger partial charge is 0.223 e. The number of aryl methyl sites for hydroxylation is 1. The average Bonchev–Trinajstić information content (AvgIpc) is 3.25. The first kappa shape index (κ1) is 18.4. The Hall–Kier alpha value is -1.92. The fourth-order valence-corrected chi connectivity index (χ4v) is 4.33. The van der Waals surface area contributed by atoms with Gasteiger partial charge in [0.2, 0.25) is 5.91 Å². The minimum atomic E-state index is 0.0570. The monoisotopic (exact) mass is 387 g/mol. The summed E-state index contributed by atoms with van der Waals surface area (Å²) < 4.78 is 2.25. The third kappa shape index (κ3) is 4.01. The van der Waals surface area contributed by atoms with Gasteiger partial charge in [-0.05, 0) is 44.0 Å². The molecule has 1 saturated heterocycles. The van der Waals surface area contributed by atoms with E-state index in [0.717, 1.165) is 67.7 Å². The van der Waals surface area contributed by atoms with E-state index in [2.05, 4.69) is 26.7 Å². The third-order valence-electron chi connectivity index (χ3n) is 5.67. The summed E-state index contributed by atoms with van der Waals surface area (Å²) in [6, 6.07) is 7.81. The summed E-state index contributed by atoms with van der Waals surface area (Å²) in [5.41, 5.74) is 1.10. The normalized spacial score (nSPS) is 20.5. The van der Waals surface area contributed by atoms with Gasteiger partial charge in [-0.15, -0.1) is 10.2 Å². The fourth-order valence-electron chi connectivity index (χ4n) is 4.12. The van der Waals surface area contributed by atoms with Crippen molar-refractivity contribution in [1.29, 1.82) is 0 Å². The molecule has 4 rings (SSSR count). The highest BCUT2D eigenvalue weighted by Gasteiger charge is 2.34. The van der Waals surface area contributed by atoms with Gasteiger partial charge >= 0.3 is 0 Å². The summed E-state index contributed by atoms with van der Waals surface area (Å²) in [6.07, 6.45) is 4.12. The molecule has 1 amide bonds. The van der Waals surface area contributed by atoms with Crippen LogP contribution in [0.4, 0.5) is 0 Å². The Morgan fingerprint density at radius 1 is 1.22 bits per heavy atom. The number of fused-ring (bicyclic) bond motifs is 1. The van der Waals surface area contributed by atoms with Gasteiger partial charge in [0.1, 0.15) is 5.82 Å². The summed E-state index contributed by atoms with van der Waals surface area (Å²) >= 11 is 6.05. The van der Waals surface area contributed by atoms with Crippen molar-refractivity contribution in [2.45, 2.75) is 44.7 Å². The van der Waals surface area contributed by atoms with Crippen molar-refractivity contribution < 1.29 is 4.79 Å². The molecule has 6 nitrogen and oxygen atoms in total. The zero-order valence-corrected chi connectivity index (χ0v) is 16.5. The van der Waals surface area contributed by atoms with Gasteiger partial charge < -0.3 is 14.4 Å². The van der Waals surface area contributed by atoms with E-state index in [1.807, 2.05) is 29.2 Å². The molecule has 2 aliphatic heterocycles. The van der Waals surface area contributed by atoms with Gasteiger partial charge in [-0.25, -0.2) is 0 Å². The Kier molecular flexibility index (Phi) is 5.45. The van der Waals surface area contributed by atoms with Gasteiger partial charge in [0.05, 0.1) is 6.04 Å². The summed E-state index contributed by atoms with van der Waals surface area (Å²) in [6.45, 7) is 3.70. The highest BCUT2D eigenvalue weighted by atomic mass is 35.5. The second-order valence-corrected chi connectivity index (χ2v) is 7.99. The number of carbonyl (C=O) groups excluding carboxylic acids is 1. The minimum absolute atomic E-state index is 0.0570. The van der Waals surface area contributed by atoms with Crippen LogP contribution in [0.1, 0.15) is 42.5 Å². The maximum Gasteiger partial charge on any atom is 0.223 e. The van der Waals surface area contributed by atoms with Gasteiger partial charge in [-0.3, -0.25) is 4.79 Å². The van der Waals surface area contributed by atoms with E-state index in [9.17, 15) is 4.79 Å². The van der Waals surface area contributed by atoms with Crippen molar-refractivity contribution in [2.24, 2.45) is 0 Å². The molecule has 0 spiro atoms. The van der Waals surface area contributed by atoms with E-state index in [0.29, 0.717) is 12.8 Å². The first-order valence-corrected chi connectivity index (χ1v) is 10.1. The number of benzene rings is 1. The number of nitrogens with zero attached hydrogens (tertiary/aromatic N) is 5. The summed E-state index contributed by atoms with van der Waals surface area (Å²) in [4.78, 5) is 17.3. The number of rotatable bonds is 4. The van der Waals surface area contributed by atoms with Gasteiger partial charge in [-0.2, -0.15) is 0 Å². The summed E-state index contributed by atoms with van der Waals surface area (Å²) in [5, 5.41) is 9.64. The Bertz CT molecular complexity index is 820. The third-order valence-corrected chi connectivity index (χ3v) is 5.90. The van der Waals surface area contributed by atoms with Gasteiger partial charge in [0, 0.05) is 44.0 Å². The van der Waals surface area contributed by atoms with Crippen LogP contribution in [0.25, 0.3) is 0 Å². The lowest BCUT2D eigenvalue weighted by molar-refractivity contribution is -0.132. The Morgan fingerprint density at radius 3 is 2.96 bits per heavy atom. The number of halogens is 1. The number of likely N-dealkylation sites (N-methyl/N-ethyl adjacent to an activating group) is 1. The Labute approximate surface area is 165 Å². The number of amides is 1. The molecule has 2 aliphatic rings. The summed E-state index contributed by atoms with van der Waals surface area (Å²) in [7, 11) is 2.14. The van der Waals surface area contributed by atoms with E-state index in [-0.39, 0.29) is 11.9 Å². The number of hydrogen-bond acceptors (Lipinski definition) is 4. The fraction of sp³-hybridized carbons (Fsp3) is 0.550. The zero-order valence-electron chi connectivity index (χ0n) is 15.8. The van der Waals surface area contributed by atoms with Crippen LogP contribution in [0.2, 0.25) is 5.02 Å². The van der Waals surface area contributed by atoms with Crippen LogP contribution >= 0.6 is 11.6 Å². The van der Waals surface area contributed by atoms with E-state index in [1.165, 1.54) is 0 Å². The molecule has 2 aromatic rings. The van der Waals surface area contributed by atoms with Crippen molar-refractivity contribution in [1.82, 2.24) is 24.6 Å². The second kappa shape index (κ2) is 7.98. The molecule has 1 fully saturated rings. The van der Waals surface area contributed by atoms with Gasteiger partial charge in [-0.1, -0.05) is 23.7 Å². The van der Waals surface area contributed by atoms with Gasteiger partial charge in [0.25, 0.3) is 0 Å². The molecule has 27 heavy (non-hydrogen) atoms. The highest BCUT2D eigenvalue weighted by Crippen LogP contribution is 2.32. The van der Waals surface area contributed by atoms with Crippen LogP contribution in [0.5, 0.6) is 0 Å². The van der Waals surface area contributed by atoms with E-state index in [1.54, 1.807) is 0 Å². The van der Waals surface area contributed by atoms with Crippen molar-refractivity contribution in [3.8, 4) is 0 Å². The SMILES string of the molecule is CN1CCc2nnc([C@H]3CCCN3C(=O)CCc3cccc(Cl)c3)n2CC1. The molecule has 1 aromatic carbocycles. The Balaban J connectivity index is 1.46. The lowest BCUT2D eigenvalue weighted by Crippen LogP contribution is -2.32. The molecule has 0 N–H and O–H groups in total. The minimum Gasteiger partial charge on any atom is -0.332 e. The molecular weight excluding hydrogens is 362 g/mol. The molecule has 144 valence electrons. The predicted octanol–water partition coefficient (Wildman–Crippen LogP) is 2.72. The van der Waals surface area contributed by atoms with Crippen LogP contribution in [-0.2, 0) is 24.2 Å². The van der Waals surface area contributed by atoms with Crippen molar-refractivity contribution >= 4 is 17.5 Å². The lowest BCUT2D eigenvalue weighted by Gasteiger charge is -2.25. The number of hydrogen-bond donors (Lipinski definition) is 0. The van der Waals surface area contributed by atoms with E-state index < -0.39 is 0 Å². The number of aromatic nitrogens is 3. The largest absolute Gasteiger partial charge is 0.332 e. The van der Waals surface area contributed by atoms with Crippen LogP contribution in [-0.4, -0.2) is 57.2 Å². The molecule has 0 bridgehead atoms. The summed E-state index contributed by atoms with van der Waals surface area (Å²) in [5.74, 6) is 2.21. The van der Waals surface area contributed by atoms with E-state index >= 15 is 0 Å². The molecule has 0 aliphatic carbocycles. The topological polar surface area (TPSA) is 54.3 Å². The van der Waals surface area contributed by atoms with Crippen LogP contribution in [0.15, 0.2) is 24.3 Å². The standard InChI is InChI=1S/C20H26ClN5O/c1-24-11-9-18-22-23-20(26(18)13-12-24)17-6-3-10-25(17)19(27)8-7-15-4-2-5-16(21)14-15/h2,4-5,14,17H,3,6-13H2,1H3/t17-/m1/s1. The molecule has 3 heterocycles. The van der Waals surface area contributed by atoms with Crippen LogP contribution < -0.4 is 0 Å². The first-order valence-electron chi connectivity index (χ1n) is 9.76. The van der Waals surface area contributed by atoms with Crippen LogP contribution in [0, 0.1) is 0 Å². The quantitative estimate of drug-likeness (QED) is 0.809. The Morgan fingerprint density at radius 2 is 2.11 bits per heavy atom. The first-order chi connectivity index (χ1) is 13.1. The predicted molar refractivity (Wildman–Crippen MR) is 105 cm³/mol. The molecule has 1 aromatic heterocycles. The molecule has 0 saturated carbocycles. The molecular formula is C20H26ClN5O. The number of likely N-dealkylation sites (tertiary alicyclic amines) is 1. The second-order valence-electron chi connectivity index (χ2n) is 7.55. The molecule has 7 heteroatoms. The molecule has 0 radical (unpaired) electrons. The molecule has 0 unspecified atom stereocenters. The maximum absolute atomic E-state index is 12.9. The average molecular weight is 388 g/mol.